The Bertz CT molecular complexity index is 477. The average molecular weight is 374 g/mol. The predicted octanol–water partition coefficient (Wildman–Crippen LogP) is 3.55. The fourth-order valence-corrected chi connectivity index (χ4v) is 2.16. The summed E-state index contributed by atoms with van der Waals surface area (Å²) in [5.74, 6) is -3.96. The normalized spacial score (nSPS) is 11.0. The van der Waals surface area contributed by atoms with Gasteiger partial charge in [0, 0.05) is 24.0 Å². The summed E-state index contributed by atoms with van der Waals surface area (Å²) in [5.41, 5.74) is 0.0927. The van der Waals surface area contributed by atoms with Crippen molar-refractivity contribution in [3.63, 3.8) is 0 Å². The summed E-state index contributed by atoms with van der Waals surface area (Å²) < 4.78 is 0. The number of hydrogen-bond donors (Lipinski definition) is 4. The smallest absolute Gasteiger partial charge is 0.332 e. The van der Waals surface area contributed by atoms with Crippen molar-refractivity contribution >= 4 is 23.9 Å². The Labute approximate surface area is 153 Å². The summed E-state index contributed by atoms with van der Waals surface area (Å²) in [7, 11) is 0. The zero-order valence-corrected chi connectivity index (χ0v) is 15.5. The number of rotatable bonds is 13. The fraction of sp³-hybridized carbons (Fsp3) is 0.667. The fourth-order valence-electron chi connectivity index (χ4n) is 2.16. The summed E-state index contributed by atoms with van der Waals surface area (Å²) in [6.45, 7) is 3.74. The predicted molar refractivity (Wildman–Crippen MR) is 95.1 cm³/mol. The molecule has 26 heavy (non-hydrogen) atoms. The SMILES string of the molecule is CCCCCC/C(C(=O)O)=C(\CC)C(=O)O.O=C(O)CCCCC(=O)O. The van der Waals surface area contributed by atoms with Crippen LogP contribution in [0.1, 0.15) is 78.1 Å². The van der Waals surface area contributed by atoms with Gasteiger partial charge in [-0.15, -0.1) is 0 Å². The first-order valence-corrected chi connectivity index (χ1v) is 8.79. The summed E-state index contributed by atoms with van der Waals surface area (Å²) in [6.07, 6.45) is 5.45. The number of hydrogen-bond acceptors (Lipinski definition) is 4. The molecule has 0 aliphatic carbocycles. The van der Waals surface area contributed by atoms with E-state index in [0.29, 0.717) is 19.3 Å². The van der Waals surface area contributed by atoms with Gasteiger partial charge in [-0.1, -0.05) is 33.1 Å². The summed E-state index contributed by atoms with van der Waals surface area (Å²) in [5, 5.41) is 34.1. The minimum atomic E-state index is -1.12. The van der Waals surface area contributed by atoms with Crippen LogP contribution in [0.5, 0.6) is 0 Å². The molecule has 0 spiro atoms. The first-order valence-electron chi connectivity index (χ1n) is 8.79. The minimum absolute atomic E-state index is 0.0315. The van der Waals surface area contributed by atoms with E-state index < -0.39 is 23.9 Å². The second-order valence-electron chi connectivity index (χ2n) is 5.73. The average Bonchev–Trinajstić information content (AvgIpc) is 2.54. The van der Waals surface area contributed by atoms with E-state index in [1.165, 1.54) is 0 Å². The highest BCUT2D eigenvalue weighted by molar-refractivity contribution is 5.98. The monoisotopic (exact) mass is 374 g/mol. The van der Waals surface area contributed by atoms with E-state index in [0.717, 1.165) is 25.7 Å². The van der Waals surface area contributed by atoms with Gasteiger partial charge in [-0.2, -0.15) is 0 Å². The van der Waals surface area contributed by atoms with E-state index >= 15 is 0 Å². The molecule has 0 fully saturated rings. The third-order valence-corrected chi connectivity index (χ3v) is 3.55. The van der Waals surface area contributed by atoms with Gasteiger partial charge in [-0.25, -0.2) is 9.59 Å². The van der Waals surface area contributed by atoms with Gasteiger partial charge in [0.1, 0.15) is 0 Å². The van der Waals surface area contributed by atoms with Gasteiger partial charge >= 0.3 is 23.9 Å². The molecule has 0 bridgehead atoms. The Balaban J connectivity index is 0. The van der Waals surface area contributed by atoms with Gasteiger partial charge in [0.15, 0.2) is 0 Å². The van der Waals surface area contributed by atoms with Crippen LogP contribution in [-0.2, 0) is 19.2 Å². The summed E-state index contributed by atoms with van der Waals surface area (Å²) in [4.78, 5) is 41.6. The number of carbonyl (C=O) groups is 4. The number of aliphatic carboxylic acids is 4. The molecule has 4 N–H and O–H groups in total. The van der Waals surface area contributed by atoms with Gasteiger partial charge in [0.2, 0.25) is 0 Å². The van der Waals surface area contributed by atoms with Crippen LogP contribution in [0.15, 0.2) is 11.1 Å². The van der Waals surface area contributed by atoms with Gasteiger partial charge in [-0.3, -0.25) is 9.59 Å². The van der Waals surface area contributed by atoms with Crippen molar-refractivity contribution in [2.24, 2.45) is 0 Å². The maximum absolute atomic E-state index is 10.9. The molecule has 150 valence electrons. The molecule has 0 unspecified atom stereocenters. The van der Waals surface area contributed by atoms with E-state index in [1.807, 2.05) is 0 Å². The molecular formula is C18H30O8. The first-order chi connectivity index (χ1) is 12.2. The van der Waals surface area contributed by atoms with Crippen molar-refractivity contribution in [1.29, 1.82) is 0 Å². The van der Waals surface area contributed by atoms with Crippen LogP contribution in [0.2, 0.25) is 0 Å². The molecule has 0 atom stereocenters. The van der Waals surface area contributed by atoms with Crippen molar-refractivity contribution in [3.8, 4) is 0 Å². The van der Waals surface area contributed by atoms with Crippen LogP contribution in [0.4, 0.5) is 0 Å². The van der Waals surface area contributed by atoms with Crippen LogP contribution >= 0.6 is 0 Å². The largest absolute Gasteiger partial charge is 0.481 e. The molecule has 0 aliphatic heterocycles. The number of carboxylic acid groups (broad SMARTS) is 4. The van der Waals surface area contributed by atoms with Gasteiger partial charge in [0.25, 0.3) is 0 Å². The van der Waals surface area contributed by atoms with Crippen molar-refractivity contribution in [1.82, 2.24) is 0 Å². The highest BCUT2D eigenvalue weighted by Gasteiger charge is 2.17. The molecule has 0 radical (unpaired) electrons. The van der Waals surface area contributed by atoms with Crippen molar-refractivity contribution in [2.75, 3.05) is 0 Å². The third kappa shape index (κ3) is 15.2. The molecular weight excluding hydrogens is 344 g/mol. The lowest BCUT2D eigenvalue weighted by molar-refractivity contribution is -0.139. The van der Waals surface area contributed by atoms with Crippen LogP contribution < -0.4 is 0 Å². The second kappa shape index (κ2) is 16.1. The Kier molecular flexibility index (Phi) is 16.0. The van der Waals surface area contributed by atoms with E-state index in [2.05, 4.69) is 6.92 Å². The van der Waals surface area contributed by atoms with Gasteiger partial charge in [-0.05, 0) is 32.1 Å². The summed E-state index contributed by atoms with van der Waals surface area (Å²) in [6, 6.07) is 0. The molecule has 0 amide bonds. The molecule has 8 heteroatoms. The Hall–Kier alpha value is -2.38. The van der Waals surface area contributed by atoms with Crippen molar-refractivity contribution < 1.29 is 39.6 Å². The topological polar surface area (TPSA) is 149 Å². The molecule has 0 saturated heterocycles. The highest BCUT2D eigenvalue weighted by Crippen LogP contribution is 2.17. The van der Waals surface area contributed by atoms with Gasteiger partial charge in [0.05, 0.1) is 0 Å². The molecule has 8 nitrogen and oxygen atoms in total. The zero-order valence-electron chi connectivity index (χ0n) is 15.5. The number of carboxylic acids is 4. The molecule has 0 rings (SSSR count). The lowest BCUT2D eigenvalue weighted by atomic mass is 9.99. The minimum Gasteiger partial charge on any atom is -0.481 e. The second-order valence-corrected chi connectivity index (χ2v) is 5.73. The van der Waals surface area contributed by atoms with Gasteiger partial charge < -0.3 is 20.4 Å². The molecule has 0 aromatic rings. The summed E-state index contributed by atoms with van der Waals surface area (Å²) >= 11 is 0. The Morgan fingerprint density at radius 3 is 1.31 bits per heavy atom. The van der Waals surface area contributed by atoms with Crippen LogP contribution in [-0.4, -0.2) is 44.3 Å². The van der Waals surface area contributed by atoms with E-state index in [4.69, 9.17) is 20.4 Å². The van der Waals surface area contributed by atoms with E-state index in [1.54, 1.807) is 6.92 Å². The zero-order chi connectivity index (χ0) is 20.5. The number of unbranched alkanes of at least 4 members (excludes halogenated alkanes) is 4. The molecule has 0 aromatic carbocycles. The standard InChI is InChI=1S/C12H20O4.C6H10O4/c1-3-5-6-7-8-10(12(15)16)9(4-2)11(13)14;7-5(8)3-1-2-4-6(9)10/h3-8H2,1-2H3,(H,13,14)(H,15,16);1-4H2,(H,7,8)(H,9,10)/b10-9-;. The van der Waals surface area contributed by atoms with E-state index in [9.17, 15) is 19.2 Å². The van der Waals surface area contributed by atoms with Crippen LogP contribution in [0.3, 0.4) is 0 Å². The lowest BCUT2D eigenvalue weighted by Gasteiger charge is -2.06. The molecule has 0 heterocycles. The molecule has 0 aromatic heterocycles. The lowest BCUT2D eigenvalue weighted by Crippen LogP contribution is -2.11. The quantitative estimate of drug-likeness (QED) is 0.282. The molecule has 0 saturated carbocycles. The van der Waals surface area contributed by atoms with Crippen LogP contribution in [0, 0.1) is 0 Å². The maximum atomic E-state index is 10.9. The van der Waals surface area contributed by atoms with Crippen molar-refractivity contribution in [3.05, 3.63) is 11.1 Å². The van der Waals surface area contributed by atoms with Crippen molar-refractivity contribution in [2.45, 2.75) is 78.1 Å². The maximum Gasteiger partial charge on any atom is 0.332 e. The van der Waals surface area contributed by atoms with Crippen LogP contribution in [0.25, 0.3) is 0 Å². The Morgan fingerprint density at radius 2 is 1.00 bits per heavy atom. The Morgan fingerprint density at radius 1 is 0.577 bits per heavy atom. The highest BCUT2D eigenvalue weighted by atomic mass is 16.4. The van der Waals surface area contributed by atoms with E-state index in [-0.39, 0.29) is 30.4 Å². The first kappa shape index (κ1) is 25.9. The third-order valence-electron chi connectivity index (χ3n) is 3.55. The molecule has 0 aliphatic rings.